The number of amides is 1. The Morgan fingerprint density at radius 2 is 2.08 bits per heavy atom. The summed E-state index contributed by atoms with van der Waals surface area (Å²) >= 11 is 0. The van der Waals surface area contributed by atoms with Gasteiger partial charge in [0.15, 0.2) is 0 Å². The fraction of sp³-hybridized carbons (Fsp3) is 0.368. The number of rotatable bonds is 4. The standard InChI is InChI=1S/C19H22N6O/c1-14-3-2-8-25-16(12-22-19(14)25)11-18(26)23-15-4-9-24(10-5-15)17-13-20-6-7-21-17/h2-3,6-8,12-13,15H,4-5,9-11H2,1H3,(H,23,26). The minimum Gasteiger partial charge on any atom is -0.355 e. The van der Waals surface area contributed by atoms with E-state index in [1.165, 1.54) is 0 Å². The minimum absolute atomic E-state index is 0.0475. The van der Waals surface area contributed by atoms with Gasteiger partial charge in [-0.2, -0.15) is 0 Å². The molecular weight excluding hydrogens is 328 g/mol. The lowest BCUT2D eigenvalue weighted by Gasteiger charge is -2.32. The molecule has 7 heteroatoms. The first-order valence-corrected chi connectivity index (χ1v) is 8.92. The van der Waals surface area contributed by atoms with Crippen molar-refractivity contribution in [1.29, 1.82) is 0 Å². The minimum atomic E-state index is 0.0475. The van der Waals surface area contributed by atoms with Crippen molar-refractivity contribution in [3.8, 4) is 0 Å². The molecule has 7 nitrogen and oxygen atoms in total. The van der Waals surface area contributed by atoms with Crippen LogP contribution in [0.3, 0.4) is 0 Å². The summed E-state index contributed by atoms with van der Waals surface area (Å²) in [7, 11) is 0. The fourth-order valence-corrected chi connectivity index (χ4v) is 3.48. The number of imidazole rings is 1. The first-order chi connectivity index (χ1) is 12.7. The zero-order valence-electron chi connectivity index (χ0n) is 14.8. The highest BCUT2D eigenvalue weighted by Crippen LogP contribution is 2.17. The first-order valence-electron chi connectivity index (χ1n) is 8.92. The van der Waals surface area contributed by atoms with Crippen LogP contribution in [0, 0.1) is 6.92 Å². The van der Waals surface area contributed by atoms with Crippen LogP contribution in [0.25, 0.3) is 5.65 Å². The second kappa shape index (κ2) is 7.11. The third kappa shape index (κ3) is 3.37. The highest BCUT2D eigenvalue weighted by molar-refractivity contribution is 5.78. The molecular formula is C19H22N6O. The average Bonchev–Trinajstić information content (AvgIpc) is 3.07. The lowest BCUT2D eigenvalue weighted by molar-refractivity contribution is -0.121. The molecule has 4 rings (SSSR count). The van der Waals surface area contributed by atoms with Crippen LogP contribution < -0.4 is 10.2 Å². The predicted octanol–water partition coefficient (Wildman–Crippen LogP) is 1.76. The third-order valence-electron chi connectivity index (χ3n) is 4.88. The van der Waals surface area contributed by atoms with Crippen LogP contribution in [-0.4, -0.2) is 44.4 Å². The van der Waals surface area contributed by atoms with E-state index in [0.29, 0.717) is 6.42 Å². The van der Waals surface area contributed by atoms with Gasteiger partial charge in [-0.1, -0.05) is 6.07 Å². The van der Waals surface area contributed by atoms with E-state index >= 15 is 0 Å². The molecule has 1 saturated heterocycles. The van der Waals surface area contributed by atoms with Crippen LogP contribution in [-0.2, 0) is 11.2 Å². The number of hydrogen-bond acceptors (Lipinski definition) is 5. The maximum Gasteiger partial charge on any atom is 0.226 e. The number of carbonyl (C=O) groups excluding carboxylic acids is 1. The van der Waals surface area contributed by atoms with Gasteiger partial charge in [0, 0.05) is 43.9 Å². The maximum atomic E-state index is 12.5. The fourth-order valence-electron chi connectivity index (χ4n) is 3.48. The number of nitrogens with zero attached hydrogens (tertiary/aromatic N) is 5. The first kappa shape index (κ1) is 16.5. The number of piperidine rings is 1. The van der Waals surface area contributed by atoms with Crippen LogP contribution >= 0.6 is 0 Å². The van der Waals surface area contributed by atoms with Gasteiger partial charge in [0.2, 0.25) is 5.91 Å². The Hall–Kier alpha value is -2.96. The second-order valence-electron chi connectivity index (χ2n) is 6.70. The van der Waals surface area contributed by atoms with Crippen molar-refractivity contribution in [3.63, 3.8) is 0 Å². The van der Waals surface area contributed by atoms with Gasteiger partial charge in [-0.25, -0.2) is 9.97 Å². The number of pyridine rings is 1. The van der Waals surface area contributed by atoms with Crippen LogP contribution in [0.4, 0.5) is 5.82 Å². The summed E-state index contributed by atoms with van der Waals surface area (Å²) in [5.74, 6) is 0.949. The highest BCUT2D eigenvalue weighted by atomic mass is 16.1. The molecule has 0 aliphatic carbocycles. The van der Waals surface area contributed by atoms with Crippen molar-refractivity contribution >= 4 is 17.4 Å². The molecule has 1 aliphatic heterocycles. The van der Waals surface area contributed by atoms with Gasteiger partial charge in [0.25, 0.3) is 0 Å². The van der Waals surface area contributed by atoms with Crippen molar-refractivity contribution in [2.45, 2.75) is 32.2 Å². The Bertz CT molecular complexity index is 899. The van der Waals surface area contributed by atoms with Gasteiger partial charge in [-0.3, -0.25) is 9.78 Å². The van der Waals surface area contributed by atoms with Gasteiger partial charge >= 0.3 is 0 Å². The van der Waals surface area contributed by atoms with E-state index in [4.69, 9.17) is 0 Å². The van der Waals surface area contributed by atoms with E-state index in [2.05, 4.69) is 25.2 Å². The van der Waals surface area contributed by atoms with E-state index in [1.807, 2.05) is 29.7 Å². The number of aromatic nitrogens is 4. The van der Waals surface area contributed by atoms with E-state index in [-0.39, 0.29) is 11.9 Å². The molecule has 134 valence electrons. The number of nitrogens with one attached hydrogen (secondary N) is 1. The Morgan fingerprint density at radius 1 is 1.23 bits per heavy atom. The quantitative estimate of drug-likeness (QED) is 0.776. The number of fused-ring (bicyclic) bond motifs is 1. The molecule has 0 bridgehead atoms. The summed E-state index contributed by atoms with van der Waals surface area (Å²) in [5, 5.41) is 3.17. The molecule has 1 N–H and O–H groups in total. The van der Waals surface area contributed by atoms with E-state index in [1.54, 1.807) is 24.8 Å². The Balaban J connectivity index is 1.33. The Labute approximate surface area is 152 Å². The van der Waals surface area contributed by atoms with Gasteiger partial charge in [0.1, 0.15) is 11.5 Å². The molecule has 4 heterocycles. The maximum absolute atomic E-state index is 12.5. The third-order valence-corrected chi connectivity index (χ3v) is 4.88. The SMILES string of the molecule is Cc1cccn2c(CC(=O)NC3CCN(c4cnccn4)CC3)cnc12. The Kier molecular flexibility index (Phi) is 4.51. The molecule has 0 radical (unpaired) electrons. The highest BCUT2D eigenvalue weighted by Gasteiger charge is 2.22. The topological polar surface area (TPSA) is 75.4 Å². The van der Waals surface area contributed by atoms with Crippen molar-refractivity contribution in [1.82, 2.24) is 24.7 Å². The zero-order valence-corrected chi connectivity index (χ0v) is 14.8. The molecule has 0 saturated carbocycles. The smallest absolute Gasteiger partial charge is 0.226 e. The van der Waals surface area contributed by atoms with Crippen molar-refractivity contribution < 1.29 is 4.79 Å². The number of hydrogen-bond donors (Lipinski definition) is 1. The van der Waals surface area contributed by atoms with Crippen LogP contribution in [0.2, 0.25) is 0 Å². The molecule has 1 amide bonds. The molecule has 3 aromatic heterocycles. The second-order valence-corrected chi connectivity index (χ2v) is 6.70. The van der Waals surface area contributed by atoms with Crippen molar-refractivity contribution in [2.75, 3.05) is 18.0 Å². The number of carbonyl (C=O) groups is 1. The Morgan fingerprint density at radius 3 is 2.85 bits per heavy atom. The summed E-state index contributed by atoms with van der Waals surface area (Å²) in [4.78, 5) is 27.6. The molecule has 26 heavy (non-hydrogen) atoms. The average molecular weight is 350 g/mol. The van der Waals surface area contributed by atoms with Gasteiger partial charge < -0.3 is 14.6 Å². The summed E-state index contributed by atoms with van der Waals surface area (Å²) < 4.78 is 1.99. The summed E-state index contributed by atoms with van der Waals surface area (Å²) in [6.07, 6.45) is 11.1. The largest absolute Gasteiger partial charge is 0.355 e. The predicted molar refractivity (Wildman–Crippen MR) is 99.0 cm³/mol. The number of aryl methyl sites for hydroxylation is 1. The molecule has 3 aromatic rings. The van der Waals surface area contributed by atoms with Gasteiger partial charge in [-0.15, -0.1) is 0 Å². The van der Waals surface area contributed by atoms with E-state index in [0.717, 1.165) is 48.7 Å². The van der Waals surface area contributed by atoms with Gasteiger partial charge in [0.05, 0.1) is 18.3 Å². The van der Waals surface area contributed by atoms with E-state index in [9.17, 15) is 4.79 Å². The lowest BCUT2D eigenvalue weighted by atomic mass is 10.0. The molecule has 0 unspecified atom stereocenters. The van der Waals surface area contributed by atoms with Gasteiger partial charge in [-0.05, 0) is 31.4 Å². The van der Waals surface area contributed by atoms with E-state index < -0.39 is 0 Å². The zero-order chi connectivity index (χ0) is 17.9. The molecule has 0 spiro atoms. The lowest BCUT2D eigenvalue weighted by Crippen LogP contribution is -2.45. The molecule has 0 aromatic carbocycles. The van der Waals surface area contributed by atoms with Crippen LogP contribution in [0.15, 0.2) is 43.1 Å². The van der Waals surface area contributed by atoms with Crippen LogP contribution in [0.5, 0.6) is 0 Å². The van der Waals surface area contributed by atoms with Crippen molar-refractivity contribution in [3.05, 3.63) is 54.4 Å². The molecule has 0 atom stereocenters. The summed E-state index contributed by atoms with van der Waals surface area (Å²) in [5.41, 5.74) is 2.93. The normalized spacial score (nSPS) is 15.3. The monoisotopic (exact) mass is 350 g/mol. The molecule has 1 aliphatic rings. The summed E-state index contributed by atoms with van der Waals surface area (Å²) in [6.45, 7) is 3.77. The molecule has 1 fully saturated rings. The van der Waals surface area contributed by atoms with Crippen molar-refractivity contribution in [2.24, 2.45) is 0 Å². The van der Waals surface area contributed by atoms with Crippen LogP contribution in [0.1, 0.15) is 24.1 Å². The number of anilines is 1. The summed E-state index contributed by atoms with van der Waals surface area (Å²) in [6, 6.07) is 4.21.